The van der Waals surface area contributed by atoms with Gasteiger partial charge in [-0.25, -0.2) is 0 Å². The van der Waals surface area contributed by atoms with E-state index >= 15 is 0 Å². The Hall–Kier alpha value is -1.56. The summed E-state index contributed by atoms with van der Waals surface area (Å²) in [5.74, 6) is -0.273. The van der Waals surface area contributed by atoms with E-state index in [4.69, 9.17) is 5.73 Å². The van der Waals surface area contributed by atoms with E-state index in [1.165, 1.54) is 11.3 Å². The van der Waals surface area contributed by atoms with Gasteiger partial charge >= 0.3 is 0 Å². The zero-order valence-corrected chi connectivity index (χ0v) is 12.7. The molecule has 0 atom stereocenters. The number of nitrogen functional groups attached to an aromatic ring is 1. The van der Waals surface area contributed by atoms with E-state index in [-0.39, 0.29) is 11.7 Å². The fourth-order valence-corrected chi connectivity index (χ4v) is 3.06. The number of anilines is 2. The van der Waals surface area contributed by atoms with Crippen molar-refractivity contribution < 1.29 is 9.59 Å². The molecule has 5 nitrogen and oxygen atoms in total. The molecule has 1 aromatic rings. The number of nitrogens with zero attached hydrogens (tertiary/aromatic N) is 1. The number of amides is 1. The predicted molar refractivity (Wildman–Crippen MR) is 80.3 cm³/mol. The lowest BCUT2D eigenvalue weighted by Crippen LogP contribution is -2.24. The summed E-state index contributed by atoms with van der Waals surface area (Å²) in [7, 11) is 3.46. The summed E-state index contributed by atoms with van der Waals surface area (Å²) >= 11 is 1.30. The molecule has 1 aromatic heterocycles. The average Bonchev–Trinajstić information content (AvgIpc) is 2.75. The van der Waals surface area contributed by atoms with Crippen molar-refractivity contribution in [3.8, 4) is 0 Å². The zero-order valence-electron chi connectivity index (χ0n) is 11.9. The van der Waals surface area contributed by atoms with Crippen LogP contribution in [0.25, 0.3) is 0 Å². The molecule has 0 aliphatic rings. The van der Waals surface area contributed by atoms with Gasteiger partial charge in [-0.2, -0.15) is 0 Å². The SMILES string of the molecule is CCCN(C)c1sc(C(=O)CC)c(N)c1C(=O)NC. The predicted octanol–water partition coefficient (Wildman–Crippen LogP) is 2.13. The van der Waals surface area contributed by atoms with Crippen molar-refractivity contribution in [1.82, 2.24) is 5.32 Å². The molecule has 0 radical (unpaired) electrons. The highest BCUT2D eigenvalue weighted by atomic mass is 32.1. The molecule has 0 aromatic carbocycles. The van der Waals surface area contributed by atoms with Gasteiger partial charge in [-0.1, -0.05) is 13.8 Å². The Morgan fingerprint density at radius 1 is 1.37 bits per heavy atom. The molecule has 0 saturated heterocycles. The fourth-order valence-electron chi connectivity index (χ4n) is 1.85. The summed E-state index contributed by atoms with van der Waals surface area (Å²) < 4.78 is 0. The van der Waals surface area contributed by atoms with Crippen molar-refractivity contribution >= 4 is 33.7 Å². The molecule has 0 unspecified atom stereocenters. The van der Waals surface area contributed by atoms with Crippen LogP contribution in [0.3, 0.4) is 0 Å². The molecule has 0 fully saturated rings. The van der Waals surface area contributed by atoms with E-state index < -0.39 is 0 Å². The van der Waals surface area contributed by atoms with Crippen LogP contribution in [0.1, 0.15) is 46.7 Å². The maximum absolute atomic E-state index is 12.0. The standard InChI is InChI=1S/C13H21N3O2S/c1-5-7-16(4)13-9(12(18)15-3)10(14)11(19-13)8(17)6-2/h5-7,14H2,1-4H3,(H,15,18). The number of hydrogen-bond acceptors (Lipinski definition) is 5. The number of rotatable bonds is 6. The highest BCUT2D eigenvalue weighted by Gasteiger charge is 2.25. The van der Waals surface area contributed by atoms with Crippen LogP contribution in [0.5, 0.6) is 0 Å². The third kappa shape index (κ3) is 3.07. The van der Waals surface area contributed by atoms with Crippen LogP contribution >= 0.6 is 11.3 Å². The van der Waals surface area contributed by atoms with Gasteiger partial charge in [-0.3, -0.25) is 9.59 Å². The van der Waals surface area contributed by atoms with Gasteiger partial charge < -0.3 is 16.0 Å². The molecule has 0 aliphatic carbocycles. The first-order valence-corrected chi connectivity index (χ1v) is 7.18. The number of nitrogens with two attached hydrogens (primary N) is 1. The number of Topliss-reactive ketones (excluding diaryl/α,β-unsaturated/α-hetero) is 1. The van der Waals surface area contributed by atoms with Gasteiger partial charge in [0.25, 0.3) is 5.91 Å². The van der Waals surface area contributed by atoms with Crippen LogP contribution in [0.15, 0.2) is 0 Å². The van der Waals surface area contributed by atoms with Crippen molar-refractivity contribution in [3.05, 3.63) is 10.4 Å². The lowest BCUT2D eigenvalue weighted by molar-refractivity contribution is 0.0964. The largest absolute Gasteiger partial charge is 0.397 e. The van der Waals surface area contributed by atoms with E-state index in [1.54, 1.807) is 14.0 Å². The molecule has 0 aliphatic heterocycles. The molecule has 0 spiro atoms. The number of nitrogens with one attached hydrogen (secondary N) is 1. The van der Waals surface area contributed by atoms with Crippen LogP contribution in [-0.2, 0) is 0 Å². The number of thiophene rings is 1. The Balaban J connectivity index is 3.35. The van der Waals surface area contributed by atoms with E-state index in [0.717, 1.165) is 18.0 Å². The second-order valence-corrected chi connectivity index (χ2v) is 5.30. The van der Waals surface area contributed by atoms with E-state index in [0.29, 0.717) is 22.5 Å². The lowest BCUT2D eigenvalue weighted by atomic mass is 10.1. The first kappa shape index (κ1) is 15.5. The molecule has 1 rings (SSSR count). The molecular weight excluding hydrogens is 262 g/mol. The maximum Gasteiger partial charge on any atom is 0.256 e. The molecule has 0 bridgehead atoms. The number of carbonyl (C=O) groups is 2. The van der Waals surface area contributed by atoms with E-state index in [1.807, 2.05) is 11.9 Å². The topological polar surface area (TPSA) is 75.4 Å². The lowest BCUT2D eigenvalue weighted by Gasteiger charge is -2.17. The van der Waals surface area contributed by atoms with Crippen LogP contribution < -0.4 is 16.0 Å². The fraction of sp³-hybridized carbons (Fsp3) is 0.538. The molecular formula is C13H21N3O2S. The quantitative estimate of drug-likeness (QED) is 0.784. The summed E-state index contributed by atoms with van der Waals surface area (Å²) in [6, 6.07) is 0. The molecule has 1 amide bonds. The monoisotopic (exact) mass is 283 g/mol. The van der Waals surface area contributed by atoms with Crippen LogP contribution in [0.4, 0.5) is 10.7 Å². The number of hydrogen-bond donors (Lipinski definition) is 2. The summed E-state index contributed by atoms with van der Waals surface area (Å²) in [5.41, 5.74) is 6.71. The molecule has 6 heteroatoms. The summed E-state index contributed by atoms with van der Waals surface area (Å²) in [6.07, 6.45) is 1.34. The summed E-state index contributed by atoms with van der Waals surface area (Å²) in [4.78, 5) is 26.3. The summed E-state index contributed by atoms with van der Waals surface area (Å²) in [5, 5.41) is 3.34. The highest BCUT2D eigenvalue weighted by molar-refractivity contribution is 7.19. The molecule has 19 heavy (non-hydrogen) atoms. The highest BCUT2D eigenvalue weighted by Crippen LogP contribution is 2.38. The van der Waals surface area contributed by atoms with Crippen molar-refractivity contribution in [3.63, 3.8) is 0 Å². The minimum Gasteiger partial charge on any atom is -0.397 e. The van der Waals surface area contributed by atoms with E-state index in [2.05, 4.69) is 12.2 Å². The maximum atomic E-state index is 12.0. The van der Waals surface area contributed by atoms with Crippen molar-refractivity contribution in [2.45, 2.75) is 26.7 Å². The van der Waals surface area contributed by atoms with Crippen LogP contribution in [0.2, 0.25) is 0 Å². The molecule has 1 heterocycles. The van der Waals surface area contributed by atoms with Crippen molar-refractivity contribution in [1.29, 1.82) is 0 Å². The van der Waals surface area contributed by atoms with Crippen molar-refractivity contribution in [2.75, 3.05) is 31.3 Å². The van der Waals surface area contributed by atoms with Gasteiger partial charge in [0.1, 0.15) is 5.00 Å². The second kappa shape index (κ2) is 6.56. The minimum absolute atomic E-state index is 0.0243. The second-order valence-electron chi connectivity index (χ2n) is 4.30. The van der Waals surface area contributed by atoms with Gasteiger partial charge in [0.15, 0.2) is 5.78 Å². The van der Waals surface area contributed by atoms with Crippen molar-refractivity contribution in [2.24, 2.45) is 0 Å². The van der Waals surface area contributed by atoms with E-state index in [9.17, 15) is 9.59 Å². The van der Waals surface area contributed by atoms with Gasteiger partial charge in [0.05, 0.1) is 16.1 Å². The normalized spacial score (nSPS) is 10.3. The zero-order chi connectivity index (χ0) is 14.6. The third-order valence-electron chi connectivity index (χ3n) is 2.86. The number of carbonyl (C=O) groups excluding carboxylic acids is 2. The third-order valence-corrected chi connectivity index (χ3v) is 4.22. The van der Waals surface area contributed by atoms with Gasteiger partial charge in [-0.15, -0.1) is 11.3 Å². The molecule has 3 N–H and O–H groups in total. The molecule has 106 valence electrons. The van der Waals surface area contributed by atoms with Gasteiger partial charge in [-0.05, 0) is 6.42 Å². The first-order valence-electron chi connectivity index (χ1n) is 6.36. The molecule has 0 saturated carbocycles. The Morgan fingerprint density at radius 3 is 2.47 bits per heavy atom. The Bertz CT molecular complexity index is 482. The minimum atomic E-state index is -0.248. The smallest absolute Gasteiger partial charge is 0.256 e. The van der Waals surface area contributed by atoms with Crippen LogP contribution in [0, 0.1) is 0 Å². The first-order chi connectivity index (χ1) is 8.97. The van der Waals surface area contributed by atoms with Crippen LogP contribution in [-0.4, -0.2) is 32.3 Å². The Labute approximate surface area is 117 Å². The summed E-state index contributed by atoms with van der Waals surface area (Å²) in [6.45, 7) is 4.66. The number of ketones is 1. The van der Waals surface area contributed by atoms with Gasteiger partial charge in [0.2, 0.25) is 0 Å². The van der Waals surface area contributed by atoms with Gasteiger partial charge in [0, 0.05) is 27.1 Å². The average molecular weight is 283 g/mol. The Morgan fingerprint density at radius 2 is 2.00 bits per heavy atom. The Kier molecular flexibility index (Phi) is 5.35.